The largest absolute Gasteiger partial charge is 0.386 e. The van der Waals surface area contributed by atoms with Crippen LogP contribution in [0.15, 0.2) is 18.2 Å². The van der Waals surface area contributed by atoms with Gasteiger partial charge in [0.2, 0.25) is 0 Å². The Morgan fingerprint density at radius 3 is 2.75 bits per heavy atom. The fourth-order valence-corrected chi connectivity index (χ4v) is 2.15. The topological polar surface area (TPSA) is 29.5 Å². The van der Waals surface area contributed by atoms with E-state index in [0.29, 0.717) is 16.5 Å². The molecule has 1 aromatic carbocycles. The van der Waals surface area contributed by atoms with Gasteiger partial charge in [-0.3, -0.25) is 0 Å². The molecule has 2 unspecified atom stereocenters. The summed E-state index contributed by atoms with van der Waals surface area (Å²) in [5, 5.41) is 10.5. The standard InChI is InChI=1S/C12H14ClFO2/c1-16-12(7-2-3-7)11(15)9-6-8(14)4-5-10(9)13/h4-7,11-12,15H,2-3H2,1H3. The van der Waals surface area contributed by atoms with E-state index in [0.717, 1.165) is 12.8 Å². The second kappa shape index (κ2) is 4.70. The first-order valence-electron chi connectivity index (χ1n) is 5.29. The lowest BCUT2D eigenvalue weighted by atomic mass is 10.0. The van der Waals surface area contributed by atoms with E-state index in [1.165, 1.54) is 18.2 Å². The lowest BCUT2D eigenvalue weighted by Crippen LogP contribution is -2.23. The lowest BCUT2D eigenvalue weighted by Gasteiger charge is -2.22. The molecule has 1 aliphatic carbocycles. The zero-order valence-electron chi connectivity index (χ0n) is 8.99. The van der Waals surface area contributed by atoms with E-state index in [-0.39, 0.29) is 6.10 Å². The molecule has 1 aromatic rings. The zero-order chi connectivity index (χ0) is 11.7. The van der Waals surface area contributed by atoms with Gasteiger partial charge in [-0.1, -0.05) is 11.6 Å². The minimum Gasteiger partial charge on any atom is -0.386 e. The fourth-order valence-electron chi connectivity index (χ4n) is 1.92. The van der Waals surface area contributed by atoms with Crippen LogP contribution in [-0.4, -0.2) is 18.3 Å². The van der Waals surface area contributed by atoms with Crippen molar-refractivity contribution in [2.24, 2.45) is 5.92 Å². The Bertz CT molecular complexity index is 379. The summed E-state index contributed by atoms with van der Waals surface area (Å²) in [5.74, 6) is -0.0385. The molecule has 0 bridgehead atoms. The van der Waals surface area contributed by atoms with Crippen LogP contribution in [0.3, 0.4) is 0 Å². The van der Waals surface area contributed by atoms with Crippen LogP contribution < -0.4 is 0 Å². The van der Waals surface area contributed by atoms with E-state index in [1.54, 1.807) is 7.11 Å². The maximum Gasteiger partial charge on any atom is 0.123 e. The average Bonchev–Trinajstić information content (AvgIpc) is 3.07. The molecule has 0 amide bonds. The number of ether oxygens (including phenoxy) is 1. The Morgan fingerprint density at radius 2 is 2.19 bits per heavy atom. The van der Waals surface area contributed by atoms with Crippen LogP contribution in [0.4, 0.5) is 4.39 Å². The zero-order valence-corrected chi connectivity index (χ0v) is 9.75. The van der Waals surface area contributed by atoms with Crippen molar-refractivity contribution in [2.75, 3.05) is 7.11 Å². The van der Waals surface area contributed by atoms with Crippen LogP contribution in [0.5, 0.6) is 0 Å². The summed E-state index contributed by atoms with van der Waals surface area (Å²) in [6.07, 6.45) is 0.936. The average molecular weight is 245 g/mol. The molecule has 0 radical (unpaired) electrons. The molecule has 16 heavy (non-hydrogen) atoms. The molecule has 1 fully saturated rings. The number of rotatable bonds is 4. The first-order valence-corrected chi connectivity index (χ1v) is 5.67. The first-order chi connectivity index (χ1) is 7.63. The molecule has 0 saturated heterocycles. The number of benzene rings is 1. The molecule has 88 valence electrons. The third kappa shape index (κ3) is 2.37. The third-order valence-corrected chi connectivity index (χ3v) is 3.29. The minimum absolute atomic E-state index is 0.292. The summed E-state index contributed by atoms with van der Waals surface area (Å²) in [7, 11) is 1.55. The Labute approximate surface area is 99.0 Å². The van der Waals surface area contributed by atoms with Gasteiger partial charge in [-0.05, 0) is 37.0 Å². The van der Waals surface area contributed by atoms with Crippen molar-refractivity contribution in [3.8, 4) is 0 Å². The van der Waals surface area contributed by atoms with Crippen molar-refractivity contribution in [1.82, 2.24) is 0 Å². The van der Waals surface area contributed by atoms with Gasteiger partial charge in [0.15, 0.2) is 0 Å². The molecule has 2 nitrogen and oxygen atoms in total. The van der Waals surface area contributed by atoms with Gasteiger partial charge in [-0.15, -0.1) is 0 Å². The fraction of sp³-hybridized carbons (Fsp3) is 0.500. The van der Waals surface area contributed by atoms with Crippen LogP contribution in [0, 0.1) is 11.7 Å². The second-order valence-electron chi connectivity index (χ2n) is 4.15. The number of aliphatic hydroxyl groups excluding tert-OH is 1. The van der Waals surface area contributed by atoms with Crippen molar-refractivity contribution in [3.05, 3.63) is 34.6 Å². The SMILES string of the molecule is COC(C1CC1)C(O)c1cc(F)ccc1Cl. The highest BCUT2D eigenvalue weighted by molar-refractivity contribution is 6.31. The van der Waals surface area contributed by atoms with Crippen molar-refractivity contribution in [2.45, 2.75) is 25.0 Å². The van der Waals surface area contributed by atoms with Gasteiger partial charge in [0.25, 0.3) is 0 Å². The normalized spacial score (nSPS) is 19.5. The monoisotopic (exact) mass is 244 g/mol. The molecule has 2 atom stereocenters. The summed E-state index contributed by atoms with van der Waals surface area (Å²) in [6.45, 7) is 0. The summed E-state index contributed by atoms with van der Waals surface area (Å²) >= 11 is 5.93. The predicted molar refractivity (Wildman–Crippen MR) is 59.9 cm³/mol. The van der Waals surface area contributed by atoms with Crippen molar-refractivity contribution in [3.63, 3.8) is 0 Å². The quantitative estimate of drug-likeness (QED) is 0.883. The highest BCUT2D eigenvalue weighted by atomic mass is 35.5. The van der Waals surface area contributed by atoms with Gasteiger partial charge >= 0.3 is 0 Å². The summed E-state index contributed by atoms with van der Waals surface area (Å²) < 4.78 is 18.3. The molecule has 0 spiro atoms. The molecular formula is C12H14ClFO2. The van der Waals surface area contributed by atoms with Gasteiger partial charge in [0.05, 0.1) is 6.10 Å². The molecular weight excluding hydrogens is 231 g/mol. The lowest BCUT2D eigenvalue weighted by molar-refractivity contribution is -0.0260. The van der Waals surface area contributed by atoms with Gasteiger partial charge in [0.1, 0.15) is 11.9 Å². The molecule has 0 aliphatic heterocycles. The van der Waals surface area contributed by atoms with Crippen molar-refractivity contribution in [1.29, 1.82) is 0 Å². The van der Waals surface area contributed by atoms with E-state index in [4.69, 9.17) is 16.3 Å². The summed E-state index contributed by atoms with van der Waals surface area (Å²) in [4.78, 5) is 0. The maximum absolute atomic E-state index is 13.1. The Kier molecular flexibility index (Phi) is 3.47. The smallest absolute Gasteiger partial charge is 0.123 e. The Hall–Kier alpha value is -0.640. The van der Waals surface area contributed by atoms with Gasteiger partial charge in [-0.2, -0.15) is 0 Å². The van der Waals surface area contributed by atoms with Crippen LogP contribution in [0.25, 0.3) is 0 Å². The van der Waals surface area contributed by atoms with Crippen LogP contribution in [0.1, 0.15) is 24.5 Å². The highest BCUT2D eigenvalue weighted by Gasteiger charge is 2.37. The van der Waals surface area contributed by atoms with E-state index in [1.807, 2.05) is 0 Å². The molecule has 0 heterocycles. The minimum atomic E-state index is -0.860. The molecule has 0 aromatic heterocycles. The summed E-state index contributed by atoms with van der Waals surface area (Å²) in [5.41, 5.74) is 0.403. The molecule has 1 saturated carbocycles. The molecule has 4 heteroatoms. The molecule has 1 aliphatic rings. The number of halogens is 2. The Morgan fingerprint density at radius 1 is 1.50 bits per heavy atom. The van der Waals surface area contributed by atoms with E-state index < -0.39 is 11.9 Å². The summed E-state index contributed by atoms with van der Waals surface area (Å²) in [6, 6.07) is 3.99. The number of hydrogen-bond donors (Lipinski definition) is 1. The van der Waals surface area contributed by atoms with Gasteiger partial charge in [0, 0.05) is 17.7 Å². The first kappa shape index (κ1) is 11.8. The van der Waals surface area contributed by atoms with Crippen LogP contribution in [0.2, 0.25) is 5.02 Å². The van der Waals surface area contributed by atoms with Crippen molar-refractivity contribution >= 4 is 11.6 Å². The third-order valence-electron chi connectivity index (χ3n) is 2.95. The highest BCUT2D eigenvalue weighted by Crippen LogP contribution is 2.41. The predicted octanol–water partition coefficient (Wildman–Crippen LogP) is 2.94. The molecule has 1 N–H and O–H groups in total. The van der Waals surface area contributed by atoms with Crippen molar-refractivity contribution < 1.29 is 14.2 Å². The number of methoxy groups -OCH3 is 1. The van der Waals surface area contributed by atoms with E-state index >= 15 is 0 Å². The molecule has 2 rings (SSSR count). The van der Waals surface area contributed by atoms with E-state index in [9.17, 15) is 9.50 Å². The van der Waals surface area contributed by atoms with Crippen LogP contribution in [-0.2, 0) is 4.74 Å². The van der Waals surface area contributed by atoms with Gasteiger partial charge < -0.3 is 9.84 Å². The van der Waals surface area contributed by atoms with E-state index in [2.05, 4.69) is 0 Å². The Balaban J connectivity index is 2.24. The second-order valence-corrected chi connectivity index (χ2v) is 4.56. The van der Waals surface area contributed by atoms with Gasteiger partial charge in [-0.25, -0.2) is 4.39 Å². The van der Waals surface area contributed by atoms with Crippen LogP contribution >= 0.6 is 11.6 Å². The number of aliphatic hydroxyl groups is 1. The maximum atomic E-state index is 13.1. The number of hydrogen-bond acceptors (Lipinski definition) is 2.